The molecule has 1 spiro atoms. The lowest BCUT2D eigenvalue weighted by molar-refractivity contribution is -0.188. The number of esters is 1. The van der Waals surface area contributed by atoms with Gasteiger partial charge < -0.3 is 24.6 Å². The van der Waals surface area contributed by atoms with Crippen LogP contribution in [-0.4, -0.2) is 70.1 Å². The van der Waals surface area contributed by atoms with Crippen LogP contribution < -0.4 is 10.1 Å². The largest absolute Gasteiger partial charge is 0.504 e. The van der Waals surface area contributed by atoms with E-state index in [9.17, 15) is 15.0 Å². The Hall–Kier alpha value is -1.83. The van der Waals surface area contributed by atoms with Crippen LogP contribution in [0.1, 0.15) is 58.1 Å². The number of carbonyl (C=O) groups is 1. The van der Waals surface area contributed by atoms with Gasteiger partial charge >= 0.3 is 5.97 Å². The lowest BCUT2D eigenvalue weighted by Crippen LogP contribution is -2.78. The molecule has 1 saturated carbocycles. The van der Waals surface area contributed by atoms with Crippen molar-refractivity contribution in [2.45, 2.75) is 94.2 Å². The number of nitrogens with one attached hydrogen (secondary N) is 1. The third-order valence-electron chi connectivity index (χ3n) is 7.95. The predicted molar refractivity (Wildman–Crippen MR) is 115 cm³/mol. The highest BCUT2D eigenvalue weighted by molar-refractivity contribution is 5.75. The van der Waals surface area contributed by atoms with Crippen LogP contribution in [0.5, 0.6) is 11.5 Å². The molecule has 0 amide bonds. The topological polar surface area (TPSA) is 91.3 Å². The van der Waals surface area contributed by atoms with Gasteiger partial charge in [0.25, 0.3) is 0 Å². The number of carbonyl (C=O) groups excluding carboxylic acids is 1. The van der Waals surface area contributed by atoms with Crippen molar-refractivity contribution in [2.24, 2.45) is 0 Å². The minimum Gasteiger partial charge on any atom is -0.504 e. The van der Waals surface area contributed by atoms with Gasteiger partial charge in [-0.2, -0.15) is 0 Å². The van der Waals surface area contributed by atoms with Crippen LogP contribution in [0, 0.1) is 0 Å². The number of hydrogen-bond acceptors (Lipinski definition) is 7. The summed E-state index contributed by atoms with van der Waals surface area (Å²) < 4.78 is 12.0. The quantitative estimate of drug-likeness (QED) is 0.631. The molecular formula is C24H34N2O5. The lowest BCUT2D eigenvalue weighted by atomic mass is 9.48. The standard InChI is InChI=1S/C24H34N2O5/c1-13(21(28)31-22(2,3)4)25-15-8-9-24(29)17-12-14-6-7-16(27)19-18(14)23(24,20(15)30-19)10-11-26(17)5/h6-7,13,15,17,20,25,27,29H,8-12H2,1-5H3/t13-,15-,17?,20-,23?,24+/m0/s1. The van der Waals surface area contributed by atoms with Crippen molar-refractivity contribution in [3.8, 4) is 11.5 Å². The van der Waals surface area contributed by atoms with E-state index >= 15 is 0 Å². The molecule has 1 aromatic carbocycles. The summed E-state index contributed by atoms with van der Waals surface area (Å²) in [6.07, 6.45) is 2.46. The molecule has 7 heteroatoms. The molecule has 0 radical (unpaired) electrons. The highest BCUT2D eigenvalue weighted by atomic mass is 16.6. The van der Waals surface area contributed by atoms with Gasteiger partial charge in [0.2, 0.25) is 0 Å². The van der Waals surface area contributed by atoms with Crippen molar-refractivity contribution < 1.29 is 24.5 Å². The van der Waals surface area contributed by atoms with Gasteiger partial charge in [-0.05, 0) is 78.6 Å². The van der Waals surface area contributed by atoms with Crippen molar-refractivity contribution in [3.05, 3.63) is 23.3 Å². The Bertz CT molecular complexity index is 927. The molecule has 2 fully saturated rings. The smallest absolute Gasteiger partial charge is 0.323 e. The molecule has 6 atom stereocenters. The fraction of sp³-hybridized carbons (Fsp3) is 0.708. The van der Waals surface area contributed by atoms with E-state index in [1.807, 2.05) is 33.8 Å². The zero-order valence-electron chi connectivity index (χ0n) is 19.1. The minimum absolute atomic E-state index is 0.0135. The summed E-state index contributed by atoms with van der Waals surface area (Å²) in [4.78, 5) is 14.9. The van der Waals surface area contributed by atoms with Gasteiger partial charge in [0.05, 0.1) is 11.0 Å². The van der Waals surface area contributed by atoms with E-state index in [0.717, 1.165) is 30.5 Å². The number of aromatic hydroxyl groups is 1. The summed E-state index contributed by atoms with van der Waals surface area (Å²) in [7, 11) is 2.08. The molecule has 31 heavy (non-hydrogen) atoms. The Morgan fingerprint density at radius 3 is 2.81 bits per heavy atom. The summed E-state index contributed by atoms with van der Waals surface area (Å²) in [6, 6.07) is 3.06. The molecule has 2 aliphatic heterocycles. The molecule has 1 saturated heterocycles. The third kappa shape index (κ3) is 2.79. The number of rotatable bonds is 3. The molecule has 1 aromatic rings. The summed E-state index contributed by atoms with van der Waals surface area (Å²) in [5.74, 6) is 0.346. The first-order chi connectivity index (χ1) is 14.5. The second-order valence-corrected chi connectivity index (χ2v) is 10.9. The Kier molecular flexibility index (Phi) is 4.47. The molecule has 2 bridgehead atoms. The molecule has 2 unspecified atom stereocenters. The zero-order chi connectivity index (χ0) is 22.3. The first-order valence-corrected chi connectivity index (χ1v) is 11.4. The van der Waals surface area contributed by atoms with Crippen LogP contribution in [0.2, 0.25) is 0 Å². The molecule has 2 aliphatic carbocycles. The van der Waals surface area contributed by atoms with E-state index in [1.165, 1.54) is 0 Å². The van der Waals surface area contributed by atoms with E-state index in [-0.39, 0.29) is 29.9 Å². The number of hydrogen-bond donors (Lipinski definition) is 3. The Morgan fingerprint density at radius 2 is 2.10 bits per heavy atom. The number of piperidine rings is 1. The number of ether oxygens (including phenoxy) is 2. The Labute approximate surface area is 183 Å². The lowest BCUT2D eigenvalue weighted by Gasteiger charge is -2.63. The molecule has 4 aliphatic rings. The van der Waals surface area contributed by atoms with E-state index < -0.39 is 22.7 Å². The van der Waals surface area contributed by atoms with E-state index in [2.05, 4.69) is 17.3 Å². The van der Waals surface area contributed by atoms with Crippen LogP contribution in [0.25, 0.3) is 0 Å². The molecule has 170 valence electrons. The highest BCUT2D eigenvalue weighted by Crippen LogP contribution is 2.65. The van der Waals surface area contributed by atoms with E-state index in [0.29, 0.717) is 18.6 Å². The SMILES string of the molecule is C[C@H](N[C@H]1CC[C@@]2(O)C3Cc4ccc(O)c5c4C2(CCN3C)[C@H]1O5)C(=O)OC(C)(C)C. The van der Waals surface area contributed by atoms with Crippen molar-refractivity contribution in [2.75, 3.05) is 13.6 Å². The first kappa shape index (κ1) is 21.0. The van der Waals surface area contributed by atoms with Gasteiger partial charge in [0.15, 0.2) is 11.5 Å². The zero-order valence-corrected chi connectivity index (χ0v) is 19.1. The van der Waals surface area contributed by atoms with Gasteiger partial charge in [-0.15, -0.1) is 0 Å². The fourth-order valence-electron chi connectivity index (χ4n) is 6.70. The van der Waals surface area contributed by atoms with Gasteiger partial charge in [-0.3, -0.25) is 10.1 Å². The maximum Gasteiger partial charge on any atom is 0.323 e. The first-order valence-electron chi connectivity index (χ1n) is 11.4. The molecule has 7 nitrogen and oxygen atoms in total. The number of likely N-dealkylation sites (tertiary alicyclic amines) is 1. The third-order valence-corrected chi connectivity index (χ3v) is 7.95. The van der Waals surface area contributed by atoms with Crippen LogP contribution in [-0.2, 0) is 21.4 Å². The summed E-state index contributed by atoms with van der Waals surface area (Å²) >= 11 is 0. The average molecular weight is 431 g/mol. The Balaban J connectivity index is 1.53. The van der Waals surface area contributed by atoms with Gasteiger partial charge in [0.1, 0.15) is 17.7 Å². The average Bonchev–Trinajstić information content (AvgIpc) is 3.03. The maximum absolute atomic E-state index is 12.6. The van der Waals surface area contributed by atoms with Crippen LogP contribution in [0.15, 0.2) is 12.1 Å². The minimum atomic E-state index is -0.927. The number of nitrogens with zero attached hydrogens (tertiary/aromatic N) is 1. The van der Waals surface area contributed by atoms with Gasteiger partial charge in [-0.1, -0.05) is 6.07 Å². The van der Waals surface area contributed by atoms with Gasteiger partial charge in [0, 0.05) is 17.6 Å². The summed E-state index contributed by atoms with van der Waals surface area (Å²) in [6.45, 7) is 8.25. The van der Waals surface area contributed by atoms with Crippen molar-refractivity contribution >= 4 is 5.97 Å². The molecule has 0 aromatic heterocycles. The highest BCUT2D eigenvalue weighted by Gasteiger charge is 2.72. The van der Waals surface area contributed by atoms with Crippen LogP contribution in [0.3, 0.4) is 0 Å². The second-order valence-electron chi connectivity index (χ2n) is 10.9. The van der Waals surface area contributed by atoms with E-state index in [4.69, 9.17) is 9.47 Å². The number of benzene rings is 1. The van der Waals surface area contributed by atoms with E-state index in [1.54, 1.807) is 6.07 Å². The number of phenolic OH excluding ortho intramolecular Hbond substituents is 1. The molecular weight excluding hydrogens is 396 g/mol. The summed E-state index contributed by atoms with van der Waals surface area (Å²) in [5.41, 5.74) is 0.0710. The molecule has 5 rings (SSSR count). The molecule has 3 N–H and O–H groups in total. The normalized spacial score (nSPS) is 37.0. The fourth-order valence-corrected chi connectivity index (χ4v) is 6.70. The summed E-state index contributed by atoms with van der Waals surface area (Å²) in [5, 5.41) is 26.2. The second kappa shape index (κ2) is 6.59. The van der Waals surface area contributed by atoms with Crippen molar-refractivity contribution in [1.82, 2.24) is 10.2 Å². The van der Waals surface area contributed by atoms with Crippen LogP contribution >= 0.6 is 0 Å². The monoisotopic (exact) mass is 430 g/mol. The maximum atomic E-state index is 12.6. The van der Waals surface area contributed by atoms with Crippen molar-refractivity contribution in [1.29, 1.82) is 0 Å². The van der Waals surface area contributed by atoms with Crippen molar-refractivity contribution in [3.63, 3.8) is 0 Å². The van der Waals surface area contributed by atoms with Crippen LogP contribution in [0.4, 0.5) is 0 Å². The molecule has 2 heterocycles. The Morgan fingerprint density at radius 1 is 1.35 bits per heavy atom. The predicted octanol–water partition coefficient (Wildman–Crippen LogP) is 1.86. The van der Waals surface area contributed by atoms with Gasteiger partial charge in [-0.25, -0.2) is 0 Å². The number of phenols is 1. The number of likely N-dealkylation sites (N-methyl/N-ethyl adjacent to an activating group) is 1. The number of aliphatic hydroxyl groups is 1.